The van der Waals surface area contributed by atoms with Gasteiger partial charge in [0.2, 0.25) is 0 Å². The van der Waals surface area contributed by atoms with E-state index in [-0.39, 0.29) is 12.7 Å². The summed E-state index contributed by atoms with van der Waals surface area (Å²) >= 11 is 0. The summed E-state index contributed by atoms with van der Waals surface area (Å²) in [6.07, 6.45) is 1.63. The van der Waals surface area contributed by atoms with Crippen LogP contribution in [0.15, 0.2) is 24.3 Å². The third kappa shape index (κ3) is 3.65. The van der Waals surface area contributed by atoms with Crippen LogP contribution in [0.1, 0.15) is 31.4 Å². The van der Waals surface area contributed by atoms with Crippen LogP contribution in [0.4, 0.5) is 0 Å². The van der Waals surface area contributed by atoms with Gasteiger partial charge in [0.15, 0.2) is 0 Å². The van der Waals surface area contributed by atoms with Crippen LogP contribution in [0.25, 0.3) is 0 Å². The topological polar surface area (TPSA) is 40.5 Å². The van der Waals surface area contributed by atoms with Crippen molar-refractivity contribution in [1.82, 2.24) is 0 Å². The summed E-state index contributed by atoms with van der Waals surface area (Å²) in [5.74, 6) is 0.324. The normalized spacial score (nSPS) is 14.9. The van der Waals surface area contributed by atoms with E-state index < -0.39 is 0 Å². The van der Waals surface area contributed by atoms with Crippen molar-refractivity contribution in [3.63, 3.8) is 0 Å². The van der Waals surface area contributed by atoms with Crippen molar-refractivity contribution in [2.24, 2.45) is 5.92 Å². The second kappa shape index (κ2) is 5.89. The molecular weight excluding hydrogens is 188 g/mol. The first kappa shape index (κ1) is 12.2. The van der Waals surface area contributed by atoms with Crippen LogP contribution in [0.2, 0.25) is 0 Å². The summed E-state index contributed by atoms with van der Waals surface area (Å²) in [6, 6.07) is 7.92. The molecule has 0 aliphatic carbocycles. The Bertz CT molecular complexity index is 277. The van der Waals surface area contributed by atoms with Crippen molar-refractivity contribution in [2.45, 2.75) is 39.4 Å². The van der Waals surface area contributed by atoms with Crippen molar-refractivity contribution in [3.05, 3.63) is 35.4 Å². The minimum Gasteiger partial charge on any atom is -0.393 e. The fourth-order valence-electron chi connectivity index (χ4n) is 1.74. The van der Waals surface area contributed by atoms with Gasteiger partial charge in [-0.05, 0) is 30.4 Å². The molecule has 0 radical (unpaired) electrons. The van der Waals surface area contributed by atoms with Crippen LogP contribution < -0.4 is 0 Å². The van der Waals surface area contributed by atoms with E-state index in [1.165, 1.54) is 5.56 Å². The highest BCUT2D eigenvalue weighted by atomic mass is 16.3. The van der Waals surface area contributed by atoms with Crippen molar-refractivity contribution >= 4 is 0 Å². The van der Waals surface area contributed by atoms with Crippen LogP contribution in [0.5, 0.6) is 0 Å². The molecule has 15 heavy (non-hydrogen) atoms. The third-order valence-electron chi connectivity index (χ3n) is 2.91. The van der Waals surface area contributed by atoms with Crippen LogP contribution >= 0.6 is 0 Å². The Balaban J connectivity index is 2.63. The first-order valence-corrected chi connectivity index (χ1v) is 5.54. The Hall–Kier alpha value is -0.860. The minimum atomic E-state index is -0.257. The maximum Gasteiger partial charge on any atom is 0.0681 e. The second-order valence-electron chi connectivity index (χ2n) is 4.09. The fourth-order valence-corrected chi connectivity index (χ4v) is 1.74. The Morgan fingerprint density at radius 3 is 2.07 bits per heavy atom. The quantitative estimate of drug-likeness (QED) is 0.778. The lowest BCUT2D eigenvalue weighted by atomic mass is 9.92. The summed E-state index contributed by atoms with van der Waals surface area (Å²) in [7, 11) is 0. The molecule has 2 atom stereocenters. The number of rotatable bonds is 5. The summed E-state index contributed by atoms with van der Waals surface area (Å²) in [4.78, 5) is 0. The molecule has 1 rings (SSSR count). The highest BCUT2D eigenvalue weighted by molar-refractivity contribution is 5.22. The van der Waals surface area contributed by atoms with E-state index in [1.54, 1.807) is 0 Å². The molecule has 1 aromatic carbocycles. The molecule has 0 bridgehead atoms. The average molecular weight is 208 g/mol. The monoisotopic (exact) mass is 208 g/mol. The van der Waals surface area contributed by atoms with Crippen molar-refractivity contribution in [2.75, 3.05) is 0 Å². The van der Waals surface area contributed by atoms with E-state index in [0.717, 1.165) is 18.4 Å². The van der Waals surface area contributed by atoms with Gasteiger partial charge in [0, 0.05) is 0 Å². The Kier molecular flexibility index (Phi) is 4.79. The second-order valence-corrected chi connectivity index (χ2v) is 4.09. The third-order valence-corrected chi connectivity index (χ3v) is 2.91. The standard InChI is InChI=1S/C13H20O2/c1-3-13(10(2)15)8-11-4-6-12(9-14)7-5-11/h4-7,10,13-15H,3,8-9H2,1-2H3. The summed E-state index contributed by atoms with van der Waals surface area (Å²) < 4.78 is 0. The summed E-state index contributed by atoms with van der Waals surface area (Å²) in [5.41, 5.74) is 2.16. The first-order valence-electron chi connectivity index (χ1n) is 5.54. The molecule has 0 aromatic heterocycles. The number of hydrogen-bond acceptors (Lipinski definition) is 2. The summed E-state index contributed by atoms with van der Waals surface area (Å²) in [6.45, 7) is 4.03. The molecule has 2 unspecified atom stereocenters. The van der Waals surface area contributed by atoms with E-state index in [0.29, 0.717) is 5.92 Å². The predicted octanol–water partition coefficient (Wildman–Crippen LogP) is 2.13. The maximum absolute atomic E-state index is 9.53. The smallest absolute Gasteiger partial charge is 0.0681 e. The number of benzene rings is 1. The van der Waals surface area contributed by atoms with Gasteiger partial charge < -0.3 is 10.2 Å². The molecule has 0 aliphatic heterocycles. The van der Waals surface area contributed by atoms with Crippen LogP contribution in [0, 0.1) is 5.92 Å². The van der Waals surface area contributed by atoms with E-state index in [2.05, 4.69) is 6.92 Å². The van der Waals surface area contributed by atoms with Crippen molar-refractivity contribution in [1.29, 1.82) is 0 Å². The summed E-state index contributed by atoms with van der Waals surface area (Å²) in [5, 5.41) is 18.4. The molecule has 2 N–H and O–H groups in total. The zero-order valence-electron chi connectivity index (χ0n) is 9.48. The molecule has 0 fully saturated rings. The predicted molar refractivity (Wildman–Crippen MR) is 61.5 cm³/mol. The van der Waals surface area contributed by atoms with Gasteiger partial charge in [-0.1, -0.05) is 37.6 Å². The molecular formula is C13H20O2. The van der Waals surface area contributed by atoms with Gasteiger partial charge >= 0.3 is 0 Å². The largest absolute Gasteiger partial charge is 0.393 e. The minimum absolute atomic E-state index is 0.0912. The van der Waals surface area contributed by atoms with Crippen LogP contribution in [-0.2, 0) is 13.0 Å². The zero-order chi connectivity index (χ0) is 11.3. The first-order chi connectivity index (χ1) is 7.17. The molecule has 1 aromatic rings. The lowest BCUT2D eigenvalue weighted by Gasteiger charge is -2.17. The number of aliphatic hydroxyl groups excluding tert-OH is 2. The SMILES string of the molecule is CCC(Cc1ccc(CO)cc1)C(C)O. The van der Waals surface area contributed by atoms with Gasteiger partial charge in [0.25, 0.3) is 0 Å². The van der Waals surface area contributed by atoms with Crippen molar-refractivity contribution < 1.29 is 10.2 Å². The van der Waals surface area contributed by atoms with Gasteiger partial charge in [-0.15, -0.1) is 0 Å². The molecule has 2 heteroatoms. The zero-order valence-corrected chi connectivity index (χ0v) is 9.48. The molecule has 0 amide bonds. The van der Waals surface area contributed by atoms with Crippen LogP contribution in [-0.4, -0.2) is 16.3 Å². The van der Waals surface area contributed by atoms with Gasteiger partial charge in [-0.3, -0.25) is 0 Å². The number of aliphatic hydroxyl groups is 2. The molecule has 2 nitrogen and oxygen atoms in total. The molecule has 0 aliphatic rings. The van der Waals surface area contributed by atoms with Crippen LogP contribution in [0.3, 0.4) is 0 Å². The Labute approximate surface area is 91.6 Å². The van der Waals surface area contributed by atoms with Gasteiger partial charge in [0.1, 0.15) is 0 Å². The molecule has 0 spiro atoms. The van der Waals surface area contributed by atoms with E-state index in [9.17, 15) is 5.11 Å². The lowest BCUT2D eigenvalue weighted by Crippen LogP contribution is -2.18. The van der Waals surface area contributed by atoms with E-state index in [4.69, 9.17) is 5.11 Å². The molecule has 84 valence electrons. The Morgan fingerprint density at radius 1 is 1.13 bits per heavy atom. The number of hydrogen-bond donors (Lipinski definition) is 2. The molecule has 0 saturated heterocycles. The molecule has 0 saturated carbocycles. The molecule has 0 heterocycles. The Morgan fingerprint density at radius 2 is 1.67 bits per heavy atom. The maximum atomic E-state index is 9.53. The van der Waals surface area contributed by atoms with Gasteiger partial charge in [-0.25, -0.2) is 0 Å². The van der Waals surface area contributed by atoms with E-state index in [1.807, 2.05) is 31.2 Å². The average Bonchev–Trinajstić information content (AvgIpc) is 2.26. The van der Waals surface area contributed by atoms with E-state index >= 15 is 0 Å². The highest BCUT2D eigenvalue weighted by Gasteiger charge is 2.12. The van der Waals surface area contributed by atoms with Gasteiger partial charge in [-0.2, -0.15) is 0 Å². The fraction of sp³-hybridized carbons (Fsp3) is 0.538. The lowest BCUT2D eigenvalue weighted by molar-refractivity contribution is 0.123. The van der Waals surface area contributed by atoms with Gasteiger partial charge in [0.05, 0.1) is 12.7 Å². The highest BCUT2D eigenvalue weighted by Crippen LogP contribution is 2.16. The van der Waals surface area contributed by atoms with Crippen molar-refractivity contribution in [3.8, 4) is 0 Å².